The summed E-state index contributed by atoms with van der Waals surface area (Å²) in [7, 11) is 2.08. The van der Waals surface area contributed by atoms with Crippen LogP contribution in [0.1, 0.15) is 38.4 Å². The molecule has 0 saturated carbocycles. The molecule has 0 amide bonds. The molecule has 0 aliphatic carbocycles. The normalized spacial score (nSPS) is 24.8. The molecule has 3 unspecified atom stereocenters. The van der Waals surface area contributed by atoms with Gasteiger partial charge in [-0.05, 0) is 35.8 Å². The molecule has 1 fully saturated rings. The highest BCUT2D eigenvalue weighted by Gasteiger charge is 2.34. The van der Waals surface area contributed by atoms with E-state index >= 15 is 0 Å². The quantitative estimate of drug-likeness (QED) is 0.812. The van der Waals surface area contributed by atoms with E-state index < -0.39 is 0 Å². The number of aryl methyl sites for hydroxylation is 1. The summed E-state index contributed by atoms with van der Waals surface area (Å²) < 4.78 is 3.30. The third kappa shape index (κ3) is 3.57. The van der Waals surface area contributed by atoms with E-state index in [1.807, 2.05) is 6.20 Å². The van der Waals surface area contributed by atoms with Gasteiger partial charge in [-0.3, -0.25) is 4.68 Å². The van der Waals surface area contributed by atoms with Crippen molar-refractivity contribution in [1.82, 2.24) is 15.1 Å². The Bertz CT molecular complexity index is 425. The standard InChI is InChI=1S/C14H24BrN3S2/c1-4-6-18-13(10(15)9-17-18)12(16-3)14-11(5-2)19-7-8-20-14/h9,11-12,14,16H,4-8H2,1-3H3. The Kier molecular flexibility index (Phi) is 6.78. The molecule has 1 saturated heterocycles. The average molecular weight is 378 g/mol. The number of aromatic nitrogens is 2. The fourth-order valence-corrected chi connectivity index (χ4v) is 6.58. The van der Waals surface area contributed by atoms with Crippen LogP contribution in [0.5, 0.6) is 0 Å². The van der Waals surface area contributed by atoms with E-state index in [-0.39, 0.29) is 0 Å². The van der Waals surface area contributed by atoms with E-state index in [4.69, 9.17) is 0 Å². The van der Waals surface area contributed by atoms with Gasteiger partial charge in [0.25, 0.3) is 0 Å². The van der Waals surface area contributed by atoms with Crippen LogP contribution in [0.25, 0.3) is 0 Å². The Morgan fingerprint density at radius 1 is 1.45 bits per heavy atom. The van der Waals surface area contributed by atoms with Gasteiger partial charge in [0, 0.05) is 28.6 Å². The summed E-state index contributed by atoms with van der Waals surface area (Å²) >= 11 is 7.95. The molecule has 114 valence electrons. The molecule has 20 heavy (non-hydrogen) atoms. The first kappa shape index (κ1) is 16.7. The summed E-state index contributed by atoms with van der Waals surface area (Å²) in [5.74, 6) is 2.54. The second-order valence-corrected chi connectivity index (χ2v) is 8.51. The third-order valence-electron chi connectivity index (χ3n) is 3.70. The van der Waals surface area contributed by atoms with Gasteiger partial charge >= 0.3 is 0 Å². The van der Waals surface area contributed by atoms with E-state index in [9.17, 15) is 0 Å². The summed E-state index contributed by atoms with van der Waals surface area (Å²) in [6.07, 6.45) is 4.29. The zero-order chi connectivity index (χ0) is 14.5. The molecule has 0 spiro atoms. The Morgan fingerprint density at radius 3 is 2.85 bits per heavy atom. The maximum absolute atomic E-state index is 4.53. The largest absolute Gasteiger partial charge is 0.311 e. The number of rotatable bonds is 6. The fraction of sp³-hybridized carbons (Fsp3) is 0.786. The third-order valence-corrected chi connectivity index (χ3v) is 7.66. The molecule has 3 atom stereocenters. The van der Waals surface area contributed by atoms with Crippen LogP contribution in [0.15, 0.2) is 10.7 Å². The lowest BCUT2D eigenvalue weighted by atomic mass is 10.1. The van der Waals surface area contributed by atoms with Crippen LogP contribution in [0.4, 0.5) is 0 Å². The van der Waals surface area contributed by atoms with Crippen molar-refractivity contribution in [1.29, 1.82) is 0 Å². The molecule has 3 nitrogen and oxygen atoms in total. The van der Waals surface area contributed by atoms with Crippen LogP contribution in [0, 0.1) is 0 Å². The van der Waals surface area contributed by atoms with Crippen molar-refractivity contribution in [3.05, 3.63) is 16.4 Å². The molecule has 2 heterocycles. The number of nitrogens with one attached hydrogen (secondary N) is 1. The van der Waals surface area contributed by atoms with E-state index in [1.165, 1.54) is 23.6 Å². The Labute approximate surface area is 139 Å². The molecule has 0 radical (unpaired) electrons. The van der Waals surface area contributed by atoms with Crippen LogP contribution >= 0.6 is 39.5 Å². The van der Waals surface area contributed by atoms with Gasteiger partial charge in [0.1, 0.15) is 0 Å². The highest BCUT2D eigenvalue weighted by molar-refractivity contribution is 9.10. The number of hydrogen-bond acceptors (Lipinski definition) is 4. The molecular formula is C14H24BrN3S2. The number of thioether (sulfide) groups is 2. The van der Waals surface area contributed by atoms with Gasteiger partial charge < -0.3 is 5.32 Å². The van der Waals surface area contributed by atoms with Gasteiger partial charge in [0.05, 0.1) is 22.4 Å². The van der Waals surface area contributed by atoms with Crippen molar-refractivity contribution >= 4 is 39.5 Å². The Hall–Kier alpha value is 0.350. The van der Waals surface area contributed by atoms with Crippen molar-refractivity contribution in [3.8, 4) is 0 Å². The summed E-state index contributed by atoms with van der Waals surface area (Å²) in [6, 6.07) is 0.362. The molecule has 1 N–H and O–H groups in total. The smallest absolute Gasteiger partial charge is 0.0707 e. The minimum Gasteiger partial charge on any atom is -0.311 e. The van der Waals surface area contributed by atoms with E-state index in [0.717, 1.165) is 22.7 Å². The van der Waals surface area contributed by atoms with Gasteiger partial charge in [-0.2, -0.15) is 28.6 Å². The number of hydrogen-bond donors (Lipinski definition) is 1. The zero-order valence-corrected chi connectivity index (χ0v) is 15.7. The molecule has 1 aromatic rings. The second kappa shape index (κ2) is 8.11. The predicted octanol–water partition coefficient (Wildman–Crippen LogP) is 3.94. The molecular weight excluding hydrogens is 354 g/mol. The Balaban J connectivity index is 2.28. The lowest BCUT2D eigenvalue weighted by molar-refractivity contribution is 0.475. The lowest BCUT2D eigenvalue weighted by Gasteiger charge is -2.36. The first-order valence-electron chi connectivity index (χ1n) is 7.34. The van der Waals surface area contributed by atoms with Crippen molar-refractivity contribution in [2.45, 2.75) is 49.8 Å². The molecule has 1 aromatic heterocycles. The molecule has 0 aromatic carbocycles. The summed E-state index contributed by atoms with van der Waals surface area (Å²) in [4.78, 5) is 0. The van der Waals surface area contributed by atoms with Gasteiger partial charge in [-0.15, -0.1) is 0 Å². The second-order valence-electron chi connectivity index (χ2n) is 5.02. The molecule has 1 aliphatic rings. The molecule has 1 aliphatic heterocycles. The van der Waals surface area contributed by atoms with Gasteiger partial charge in [0.15, 0.2) is 0 Å². The fourth-order valence-electron chi connectivity index (χ4n) is 2.77. The number of halogens is 1. The van der Waals surface area contributed by atoms with Crippen LogP contribution < -0.4 is 5.32 Å². The molecule has 0 bridgehead atoms. The topological polar surface area (TPSA) is 29.9 Å². The van der Waals surface area contributed by atoms with Crippen LogP contribution in [0.2, 0.25) is 0 Å². The Morgan fingerprint density at radius 2 is 2.20 bits per heavy atom. The van der Waals surface area contributed by atoms with Crippen molar-refractivity contribution < 1.29 is 0 Å². The van der Waals surface area contributed by atoms with Crippen molar-refractivity contribution in [2.24, 2.45) is 0 Å². The van der Waals surface area contributed by atoms with Crippen molar-refractivity contribution in [2.75, 3.05) is 18.6 Å². The first-order valence-corrected chi connectivity index (χ1v) is 10.2. The monoisotopic (exact) mass is 377 g/mol. The summed E-state index contributed by atoms with van der Waals surface area (Å²) in [6.45, 7) is 5.50. The highest BCUT2D eigenvalue weighted by atomic mass is 79.9. The minimum absolute atomic E-state index is 0.362. The maximum Gasteiger partial charge on any atom is 0.0707 e. The van der Waals surface area contributed by atoms with E-state index in [2.05, 4.69) is 75.4 Å². The van der Waals surface area contributed by atoms with E-state index in [1.54, 1.807) is 0 Å². The van der Waals surface area contributed by atoms with Gasteiger partial charge in [-0.25, -0.2) is 0 Å². The van der Waals surface area contributed by atoms with Gasteiger partial charge in [0.2, 0.25) is 0 Å². The molecule has 2 rings (SSSR count). The zero-order valence-electron chi connectivity index (χ0n) is 12.4. The summed E-state index contributed by atoms with van der Waals surface area (Å²) in [5.41, 5.74) is 1.31. The van der Waals surface area contributed by atoms with Crippen LogP contribution in [0.3, 0.4) is 0 Å². The highest BCUT2D eigenvalue weighted by Crippen LogP contribution is 2.41. The van der Waals surface area contributed by atoms with Gasteiger partial charge in [-0.1, -0.05) is 13.8 Å². The first-order chi connectivity index (χ1) is 9.72. The molecule has 6 heteroatoms. The SMILES string of the molecule is CCCn1ncc(Br)c1C(NC)C1SCCSC1CC. The average Bonchev–Trinajstić information content (AvgIpc) is 2.83. The maximum atomic E-state index is 4.53. The summed E-state index contributed by atoms with van der Waals surface area (Å²) in [5, 5.41) is 9.43. The predicted molar refractivity (Wildman–Crippen MR) is 94.8 cm³/mol. The number of nitrogens with zero attached hydrogens (tertiary/aromatic N) is 2. The van der Waals surface area contributed by atoms with Crippen LogP contribution in [-0.2, 0) is 6.54 Å². The van der Waals surface area contributed by atoms with Crippen molar-refractivity contribution in [3.63, 3.8) is 0 Å². The van der Waals surface area contributed by atoms with Crippen LogP contribution in [-0.4, -0.2) is 38.8 Å². The minimum atomic E-state index is 0.362. The lowest BCUT2D eigenvalue weighted by Crippen LogP contribution is -2.38. The van der Waals surface area contributed by atoms with E-state index in [0.29, 0.717) is 11.3 Å².